The molecule has 5 nitrogen and oxygen atoms in total. The lowest BCUT2D eigenvalue weighted by molar-refractivity contribution is -0.123. The fourth-order valence-corrected chi connectivity index (χ4v) is 2.01. The van der Waals surface area contributed by atoms with Gasteiger partial charge in [0.05, 0.1) is 6.61 Å². The van der Waals surface area contributed by atoms with E-state index in [2.05, 4.69) is 5.32 Å². The van der Waals surface area contributed by atoms with Gasteiger partial charge in [0, 0.05) is 31.3 Å². The second-order valence-corrected chi connectivity index (χ2v) is 4.82. The zero-order valence-electron chi connectivity index (χ0n) is 11.9. The summed E-state index contributed by atoms with van der Waals surface area (Å²) in [6.07, 6.45) is 0. The Morgan fingerprint density at radius 3 is 2.65 bits per heavy atom. The molecule has 0 saturated carbocycles. The summed E-state index contributed by atoms with van der Waals surface area (Å²) in [4.78, 5) is 25.0. The van der Waals surface area contributed by atoms with Crippen LogP contribution in [0, 0.1) is 6.92 Å². The minimum absolute atomic E-state index is 0.0263. The molecule has 0 spiro atoms. The number of carbonyl (C=O) groups excluding carboxylic acids is 2. The number of halogens is 1. The molecule has 0 aromatic heterocycles. The van der Waals surface area contributed by atoms with Gasteiger partial charge in [0.25, 0.3) is 0 Å². The van der Waals surface area contributed by atoms with E-state index in [0.717, 1.165) is 5.56 Å². The topological polar surface area (TPSA) is 58.6 Å². The molecule has 1 N–H and O–H groups in total. The summed E-state index contributed by atoms with van der Waals surface area (Å²) >= 11 is 5.89. The summed E-state index contributed by atoms with van der Waals surface area (Å²) in [6.45, 7) is 4.10. The first-order valence-electron chi connectivity index (χ1n) is 6.25. The SMILES string of the molecule is COCCNC(=O)CN(C(C)=O)c1ccc(Cl)cc1C. The molecule has 0 aliphatic carbocycles. The number of methoxy groups -OCH3 is 1. The van der Waals surface area contributed by atoms with Crippen molar-refractivity contribution in [3.8, 4) is 0 Å². The summed E-state index contributed by atoms with van der Waals surface area (Å²) in [5.74, 6) is -0.427. The maximum absolute atomic E-state index is 11.8. The third-order valence-electron chi connectivity index (χ3n) is 2.76. The maximum atomic E-state index is 11.8. The second-order valence-electron chi connectivity index (χ2n) is 4.38. The van der Waals surface area contributed by atoms with Crippen LogP contribution in [-0.4, -0.2) is 38.6 Å². The van der Waals surface area contributed by atoms with E-state index in [4.69, 9.17) is 16.3 Å². The van der Waals surface area contributed by atoms with Crippen molar-refractivity contribution >= 4 is 29.1 Å². The number of hydrogen-bond acceptors (Lipinski definition) is 3. The summed E-state index contributed by atoms with van der Waals surface area (Å²) in [5, 5.41) is 3.28. The highest BCUT2D eigenvalue weighted by Crippen LogP contribution is 2.23. The predicted octanol–water partition coefficient (Wildman–Crippen LogP) is 1.76. The Labute approximate surface area is 123 Å². The van der Waals surface area contributed by atoms with Gasteiger partial charge in [-0.2, -0.15) is 0 Å². The van der Waals surface area contributed by atoms with Crippen LogP contribution in [0.1, 0.15) is 12.5 Å². The van der Waals surface area contributed by atoms with Gasteiger partial charge in [-0.05, 0) is 30.7 Å². The quantitative estimate of drug-likeness (QED) is 0.814. The molecule has 1 aromatic carbocycles. The predicted molar refractivity (Wildman–Crippen MR) is 79.1 cm³/mol. The zero-order chi connectivity index (χ0) is 15.1. The molecule has 1 rings (SSSR count). The van der Waals surface area contributed by atoms with Crippen molar-refractivity contribution in [1.29, 1.82) is 0 Å². The van der Waals surface area contributed by atoms with E-state index >= 15 is 0 Å². The molecular formula is C14H19ClN2O3. The normalized spacial score (nSPS) is 10.2. The molecule has 6 heteroatoms. The van der Waals surface area contributed by atoms with Crippen LogP contribution in [0.2, 0.25) is 5.02 Å². The van der Waals surface area contributed by atoms with Crippen molar-refractivity contribution < 1.29 is 14.3 Å². The summed E-state index contributed by atoms with van der Waals surface area (Å²) in [7, 11) is 1.56. The molecule has 0 aliphatic heterocycles. The number of nitrogens with zero attached hydrogens (tertiary/aromatic N) is 1. The first kappa shape index (κ1) is 16.5. The van der Waals surface area contributed by atoms with Gasteiger partial charge < -0.3 is 15.0 Å². The van der Waals surface area contributed by atoms with Gasteiger partial charge in [-0.1, -0.05) is 11.6 Å². The molecule has 20 heavy (non-hydrogen) atoms. The number of ether oxygens (including phenoxy) is 1. The fourth-order valence-electron chi connectivity index (χ4n) is 1.78. The Kier molecular flexibility index (Phi) is 6.48. The number of carbonyl (C=O) groups is 2. The van der Waals surface area contributed by atoms with E-state index in [9.17, 15) is 9.59 Å². The Hall–Kier alpha value is -1.59. The number of benzene rings is 1. The van der Waals surface area contributed by atoms with E-state index in [1.54, 1.807) is 25.3 Å². The van der Waals surface area contributed by atoms with Crippen LogP contribution in [-0.2, 0) is 14.3 Å². The number of aryl methyl sites for hydroxylation is 1. The van der Waals surface area contributed by atoms with E-state index in [-0.39, 0.29) is 18.4 Å². The van der Waals surface area contributed by atoms with Crippen molar-refractivity contribution in [3.05, 3.63) is 28.8 Å². The molecule has 0 radical (unpaired) electrons. The number of nitrogens with one attached hydrogen (secondary N) is 1. The Bertz CT molecular complexity index is 491. The smallest absolute Gasteiger partial charge is 0.240 e. The lowest BCUT2D eigenvalue weighted by Gasteiger charge is -2.22. The fraction of sp³-hybridized carbons (Fsp3) is 0.429. The average molecular weight is 299 g/mol. The molecule has 0 fully saturated rings. The van der Waals surface area contributed by atoms with Gasteiger partial charge >= 0.3 is 0 Å². The van der Waals surface area contributed by atoms with Crippen molar-refractivity contribution in [3.63, 3.8) is 0 Å². The third-order valence-corrected chi connectivity index (χ3v) is 2.99. The first-order valence-corrected chi connectivity index (χ1v) is 6.63. The van der Waals surface area contributed by atoms with Gasteiger partial charge in [0.15, 0.2) is 0 Å². The van der Waals surface area contributed by atoms with Crippen LogP contribution in [0.5, 0.6) is 0 Å². The molecule has 0 unspecified atom stereocenters. The highest BCUT2D eigenvalue weighted by molar-refractivity contribution is 6.30. The molecular weight excluding hydrogens is 280 g/mol. The Morgan fingerprint density at radius 1 is 1.40 bits per heavy atom. The van der Waals surface area contributed by atoms with Crippen molar-refractivity contribution in [2.75, 3.05) is 31.7 Å². The van der Waals surface area contributed by atoms with Crippen LogP contribution in [0.3, 0.4) is 0 Å². The first-order chi connectivity index (χ1) is 9.45. The van der Waals surface area contributed by atoms with Crippen molar-refractivity contribution in [1.82, 2.24) is 5.32 Å². The number of hydrogen-bond donors (Lipinski definition) is 1. The standard InChI is InChI=1S/C14H19ClN2O3/c1-10-8-12(15)4-5-13(10)17(11(2)18)9-14(19)16-6-7-20-3/h4-5,8H,6-7,9H2,1-3H3,(H,16,19). The van der Waals surface area contributed by atoms with Gasteiger partial charge in [-0.25, -0.2) is 0 Å². The molecule has 2 amide bonds. The number of rotatable bonds is 6. The van der Waals surface area contributed by atoms with Crippen LogP contribution >= 0.6 is 11.6 Å². The molecule has 0 saturated heterocycles. The van der Waals surface area contributed by atoms with E-state index < -0.39 is 0 Å². The highest BCUT2D eigenvalue weighted by Gasteiger charge is 2.17. The van der Waals surface area contributed by atoms with E-state index in [1.807, 2.05) is 6.92 Å². The van der Waals surface area contributed by atoms with E-state index in [0.29, 0.717) is 23.9 Å². The van der Waals surface area contributed by atoms with Crippen molar-refractivity contribution in [2.24, 2.45) is 0 Å². The summed E-state index contributed by atoms with van der Waals surface area (Å²) < 4.78 is 4.85. The van der Waals surface area contributed by atoms with E-state index in [1.165, 1.54) is 11.8 Å². The highest BCUT2D eigenvalue weighted by atomic mass is 35.5. The van der Waals surface area contributed by atoms with Crippen LogP contribution in [0.25, 0.3) is 0 Å². The van der Waals surface area contributed by atoms with Gasteiger partial charge in [-0.15, -0.1) is 0 Å². The van der Waals surface area contributed by atoms with Crippen molar-refractivity contribution in [2.45, 2.75) is 13.8 Å². The largest absolute Gasteiger partial charge is 0.383 e. The summed E-state index contributed by atoms with van der Waals surface area (Å²) in [5.41, 5.74) is 1.53. The maximum Gasteiger partial charge on any atom is 0.240 e. The molecule has 0 bridgehead atoms. The molecule has 0 heterocycles. The second kappa shape index (κ2) is 7.87. The molecule has 1 aromatic rings. The number of amides is 2. The minimum atomic E-state index is -0.230. The van der Waals surface area contributed by atoms with Gasteiger partial charge in [-0.3, -0.25) is 9.59 Å². The van der Waals surface area contributed by atoms with Gasteiger partial charge in [0.1, 0.15) is 6.54 Å². The van der Waals surface area contributed by atoms with Crippen LogP contribution in [0.4, 0.5) is 5.69 Å². The molecule has 0 aliphatic rings. The monoisotopic (exact) mass is 298 g/mol. The average Bonchev–Trinajstić information content (AvgIpc) is 2.37. The molecule has 0 atom stereocenters. The third kappa shape index (κ3) is 4.83. The number of anilines is 1. The lowest BCUT2D eigenvalue weighted by atomic mass is 10.1. The zero-order valence-corrected chi connectivity index (χ0v) is 12.7. The molecule has 110 valence electrons. The lowest BCUT2D eigenvalue weighted by Crippen LogP contribution is -2.41. The summed E-state index contributed by atoms with van der Waals surface area (Å²) in [6, 6.07) is 5.19. The van der Waals surface area contributed by atoms with Gasteiger partial charge in [0.2, 0.25) is 11.8 Å². The van der Waals surface area contributed by atoms with Crippen LogP contribution in [0.15, 0.2) is 18.2 Å². The Morgan fingerprint density at radius 2 is 2.10 bits per heavy atom. The van der Waals surface area contributed by atoms with Crippen LogP contribution < -0.4 is 10.2 Å². The minimum Gasteiger partial charge on any atom is -0.383 e. The Balaban J connectivity index is 2.79.